The van der Waals surface area contributed by atoms with Crippen LogP contribution >= 0.6 is 11.3 Å². The van der Waals surface area contributed by atoms with Crippen molar-refractivity contribution in [3.63, 3.8) is 0 Å². The molecule has 1 saturated heterocycles. The summed E-state index contributed by atoms with van der Waals surface area (Å²) in [6.45, 7) is 3.73. The largest absolute Gasteiger partial charge is 0.390 e. The van der Waals surface area contributed by atoms with Gasteiger partial charge in [-0.1, -0.05) is 0 Å². The van der Waals surface area contributed by atoms with Crippen LogP contribution in [0.3, 0.4) is 0 Å². The third-order valence-corrected chi connectivity index (χ3v) is 4.00. The Hall–Kier alpha value is -0.870. The summed E-state index contributed by atoms with van der Waals surface area (Å²) >= 11 is 1.48. The zero-order valence-electron chi connectivity index (χ0n) is 9.48. The molecule has 0 radical (unpaired) electrons. The molecule has 0 saturated carbocycles. The predicted octanol–water partition coefficient (Wildman–Crippen LogP) is 2.30. The van der Waals surface area contributed by atoms with E-state index in [1.54, 1.807) is 0 Å². The van der Waals surface area contributed by atoms with Crippen molar-refractivity contribution < 1.29 is 9.90 Å². The lowest BCUT2D eigenvalue weighted by Crippen LogP contribution is -2.27. The molecule has 0 amide bonds. The van der Waals surface area contributed by atoms with Crippen molar-refractivity contribution in [2.45, 2.75) is 31.8 Å². The van der Waals surface area contributed by atoms with Crippen molar-refractivity contribution in [1.82, 2.24) is 0 Å². The number of hydrogen-bond acceptors (Lipinski definition) is 4. The van der Waals surface area contributed by atoms with Crippen molar-refractivity contribution in [3.05, 3.63) is 16.3 Å². The highest BCUT2D eigenvalue weighted by molar-refractivity contribution is 7.12. The van der Waals surface area contributed by atoms with Crippen LogP contribution in [0.5, 0.6) is 0 Å². The Labute approximate surface area is 99.7 Å². The van der Waals surface area contributed by atoms with E-state index in [9.17, 15) is 9.90 Å². The Bertz CT molecular complexity index is 373. The van der Waals surface area contributed by atoms with Crippen LogP contribution in [0.1, 0.15) is 35.9 Å². The average Bonchev–Trinajstić information content (AvgIpc) is 2.64. The van der Waals surface area contributed by atoms with Crippen molar-refractivity contribution >= 4 is 23.3 Å². The van der Waals surface area contributed by atoms with E-state index in [1.807, 2.05) is 18.4 Å². The first-order valence-corrected chi connectivity index (χ1v) is 6.50. The minimum atomic E-state index is -0.530. The molecule has 0 spiro atoms. The fraction of sp³-hybridized carbons (Fsp3) is 0.583. The van der Waals surface area contributed by atoms with E-state index in [0.29, 0.717) is 0 Å². The molecule has 1 atom stereocenters. The summed E-state index contributed by atoms with van der Waals surface area (Å²) in [6.07, 6.45) is 3.54. The predicted molar refractivity (Wildman–Crippen MR) is 66.4 cm³/mol. The molecule has 0 aromatic carbocycles. The van der Waals surface area contributed by atoms with Crippen molar-refractivity contribution in [2.75, 3.05) is 18.0 Å². The van der Waals surface area contributed by atoms with Gasteiger partial charge in [-0.2, -0.15) is 0 Å². The highest BCUT2D eigenvalue weighted by Crippen LogP contribution is 2.27. The lowest BCUT2D eigenvalue weighted by Gasteiger charge is -2.23. The highest BCUT2D eigenvalue weighted by atomic mass is 32.1. The second-order valence-electron chi connectivity index (χ2n) is 4.66. The van der Waals surface area contributed by atoms with Gasteiger partial charge in [0.15, 0.2) is 6.29 Å². The summed E-state index contributed by atoms with van der Waals surface area (Å²) in [4.78, 5) is 13.6. The van der Waals surface area contributed by atoms with E-state index < -0.39 is 5.60 Å². The van der Waals surface area contributed by atoms with E-state index in [4.69, 9.17) is 0 Å². The van der Waals surface area contributed by atoms with E-state index in [0.717, 1.165) is 49.2 Å². The summed E-state index contributed by atoms with van der Waals surface area (Å²) in [5.74, 6) is 0. The van der Waals surface area contributed by atoms with E-state index in [2.05, 4.69) is 4.90 Å². The van der Waals surface area contributed by atoms with Gasteiger partial charge in [-0.05, 0) is 32.3 Å². The molecule has 1 aromatic rings. The molecule has 1 fully saturated rings. The quantitative estimate of drug-likeness (QED) is 0.805. The number of thiophene rings is 1. The molecular formula is C12H17NO2S. The van der Waals surface area contributed by atoms with Gasteiger partial charge in [0.1, 0.15) is 0 Å². The van der Waals surface area contributed by atoms with Gasteiger partial charge in [0.25, 0.3) is 0 Å². The van der Waals surface area contributed by atoms with Gasteiger partial charge in [-0.3, -0.25) is 4.79 Å². The summed E-state index contributed by atoms with van der Waals surface area (Å²) in [6, 6.07) is 1.93. The summed E-state index contributed by atoms with van der Waals surface area (Å²) in [5, 5.41) is 12.0. The summed E-state index contributed by atoms with van der Waals surface area (Å²) < 4.78 is 0. The molecule has 1 aliphatic heterocycles. The SMILES string of the molecule is CC1(O)CCCN(c2csc(C=O)c2)CC1. The number of anilines is 1. The maximum absolute atomic E-state index is 10.6. The van der Waals surface area contributed by atoms with E-state index in [-0.39, 0.29) is 0 Å². The van der Waals surface area contributed by atoms with Crippen LogP contribution in [0.4, 0.5) is 5.69 Å². The lowest BCUT2D eigenvalue weighted by molar-refractivity contribution is 0.0481. The Balaban J connectivity index is 2.07. The van der Waals surface area contributed by atoms with Crippen LogP contribution < -0.4 is 4.90 Å². The number of nitrogens with zero attached hydrogens (tertiary/aromatic N) is 1. The number of rotatable bonds is 2. The maximum atomic E-state index is 10.6. The number of carbonyl (C=O) groups is 1. The molecule has 2 heterocycles. The number of hydrogen-bond donors (Lipinski definition) is 1. The fourth-order valence-electron chi connectivity index (χ4n) is 2.09. The van der Waals surface area contributed by atoms with Gasteiger partial charge in [0.05, 0.1) is 10.5 Å². The normalized spacial score (nSPS) is 26.5. The van der Waals surface area contributed by atoms with Crippen LogP contribution in [0.2, 0.25) is 0 Å². The fourth-order valence-corrected chi connectivity index (χ4v) is 2.81. The van der Waals surface area contributed by atoms with E-state index in [1.165, 1.54) is 11.3 Å². The first-order chi connectivity index (χ1) is 7.61. The molecule has 1 unspecified atom stereocenters. The molecule has 0 aliphatic carbocycles. The maximum Gasteiger partial charge on any atom is 0.160 e. The lowest BCUT2D eigenvalue weighted by atomic mass is 9.98. The molecule has 3 nitrogen and oxygen atoms in total. The smallest absolute Gasteiger partial charge is 0.160 e. The van der Waals surface area contributed by atoms with Gasteiger partial charge >= 0.3 is 0 Å². The molecule has 2 rings (SSSR count). The van der Waals surface area contributed by atoms with Crippen LogP contribution in [0.25, 0.3) is 0 Å². The molecule has 0 bridgehead atoms. The molecule has 1 aliphatic rings. The average molecular weight is 239 g/mol. The van der Waals surface area contributed by atoms with Gasteiger partial charge in [0.2, 0.25) is 0 Å². The van der Waals surface area contributed by atoms with Crippen LogP contribution in [0, 0.1) is 0 Å². The second-order valence-corrected chi connectivity index (χ2v) is 5.61. The molecule has 1 N–H and O–H groups in total. The van der Waals surface area contributed by atoms with Crippen LogP contribution in [-0.2, 0) is 0 Å². The van der Waals surface area contributed by atoms with Crippen molar-refractivity contribution in [3.8, 4) is 0 Å². The van der Waals surface area contributed by atoms with Crippen LogP contribution in [0.15, 0.2) is 11.4 Å². The van der Waals surface area contributed by atoms with E-state index >= 15 is 0 Å². The topological polar surface area (TPSA) is 40.5 Å². The monoisotopic (exact) mass is 239 g/mol. The van der Waals surface area contributed by atoms with Gasteiger partial charge in [-0.25, -0.2) is 0 Å². The van der Waals surface area contributed by atoms with Crippen LogP contribution in [-0.4, -0.2) is 30.1 Å². The first kappa shape index (κ1) is 11.6. The minimum absolute atomic E-state index is 0.530. The molecular weight excluding hydrogens is 222 g/mol. The van der Waals surface area contributed by atoms with Gasteiger partial charge < -0.3 is 10.0 Å². The Morgan fingerprint density at radius 2 is 2.31 bits per heavy atom. The third-order valence-electron chi connectivity index (χ3n) is 3.15. The zero-order valence-corrected chi connectivity index (χ0v) is 10.3. The van der Waals surface area contributed by atoms with Crippen molar-refractivity contribution in [1.29, 1.82) is 0 Å². The Morgan fingerprint density at radius 3 is 3.00 bits per heavy atom. The molecule has 88 valence electrons. The molecule has 1 aromatic heterocycles. The Kier molecular flexibility index (Phi) is 3.30. The first-order valence-electron chi connectivity index (χ1n) is 5.62. The number of aliphatic hydroxyl groups is 1. The highest BCUT2D eigenvalue weighted by Gasteiger charge is 2.25. The number of aldehydes is 1. The van der Waals surface area contributed by atoms with Gasteiger partial charge in [0, 0.05) is 24.2 Å². The minimum Gasteiger partial charge on any atom is -0.390 e. The Morgan fingerprint density at radius 1 is 1.50 bits per heavy atom. The summed E-state index contributed by atoms with van der Waals surface area (Å²) in [7, 11) is 0. The van der Waals surface area contributed by atoms with Crippen molar-refractivity contribution in [2.24, 2.45) is 0 Å². The standard InChI is InChI=1S/C12H17NO2S/c1-12(15)3-2-5-13(6-4-12)10-7-11(8-14)16-9-10/h7-9,15H,2-6H2,1H3. The molecule has 16 heavy (non-hydrogen) atoms. The van der Waals surface area contributed by atoms with Gasteiger partial charge in [-0.15, -0.1) is 11.3 Å². The zero-order chi connectivity index (χ0) is 11.6. The molecule has 4 heteroatoms. The summed E-state index contributed by atoms with van der Waals surface area (Å²) in [5.41, 5.74) is 0.586. The second kappa shape index (κ2) is 4.55. The third kappa shape index (κ3) is 2.62. The number of carbonyl (C=O) groups excluding carboxylic acids is 1.